The first-order chi connectivity index (χ1) is 9.24. The molecule has 0 aliphatic heterocycles. The van der Waals surface area contributed by atoms with E-state index in [1.165, 1.54) is 7.11 Å². The minimum absolute atomic E-state index is 0.312. The molecule has 0 saturated heterocycles. The van der Waals surface area contributed by atoms with E-state index in [1.807, 2.05) is 67.6 Å². The Balaban J connectivity index is 2.58. The van der Waals surface area contributed by atoms with E-state index in [0.717, 1.165) is 16.7 Å². The first-order valence-electron chi connectivity index (χ1n) is 6.14. The van der Waals surface area contributed by atoms with Gasteiger partial charge in [0.25, 0.3) is 0 Å². The first kappa shape index (κ1) is 13.1. The lowest BCUT2D eigenvalue weighted by atomic mass is 9.96. The standard InChI is InChI=1S/C17H16O2/c1-13(14-9-5-3-6-10-14)16(17(18)19-2)15-11-7-4-8-12-15/h3-12H,1-2H3/b16-13-. The average Bonchev–Trinajstić information content (AvgIpc) is 2.49. The van der Waals surface area contributed by atoms with E-state index in [0.29, 0.717) is 5.57 Å². The lowest BCUT2D eigenvalue weighted by Gasteiger charge is -2.11. The maximum atomic E-state index is 12.0. The van der Waals surface area contributed by atoms with Gasteiger partial charge in [0.05, 0.1) is 12.7 Å². The Labute approximate surface area is 113 Å². The van der Waals surface area contributed by atoms with Gasteiger partial charge in [-0.15, -0.1) is 0 Å². The molecule has 0 saturated carbocycles. The average molecular weight is 252 g/mol. The number of ether oxygens (including phenoxy) is 1. The Hall–Kier alpha value is -2.35. The number of hydrogen-bond donors (Lipinski definition) is 0. The Kier molecular flexibility index (Phi) is 4.14. The first-order valence-corrected chi connectivity index (χ1v) is 6.14. The zero-order chi connectivity index (χ0) is 13.7. The third-order valence-corrected chi connectivity index (χ3v) is 3.03. The molecule has 0 heterocycles. The van der Waals surface area contributed by atoms with Crippen LogP contribution in [0, 0.1) is 0 Å². The van der Waals surface area contributed by atoms with Crippen LogP contribution in [-0.4, -0.2) is 13.1 Å². The van der Waals surface area contributed by atoms with E-state index in [4.69, 9.17) is 4.74 Å². The van der Waals surface area contributed by atoms with Crippen LogP contribution in [0.4, 0.5) is 0 Å². The number of carbonyl (C=O) groups excluding carboxylic acids is 1. The molecule has 0 aromatic heterocycles. The van der Waals surface area contributed by atoms with Crippen molar-refractivity contribution in [3.63, 3.8) is 0 Å². The fraction of sp³-hybridized carbons (Fsp3) is 0.118. The van der Waals surface area contributed by atoms with Crippen molar-refractivity contribution in [2.75, 3.05) is 7.11 Å². The largest absolute Gasteiger partial charge is 0.465 e. The van der Waals surface area contributed by atoms with Crippen LogP contribution in [0.5, 0.6) is 0 Å². The number of methoxy groups -OCH3 is 1. The molecule has 0 amide bonds. The van der Waals surface area contributed by atoms with Gasteiger partial charge in [-0.05, 0) is 23.6 Å². The molecule has 19 heavy (non-hydrogen) atoms. The normalized spacial score (nSPS) is 11.7. The number of benzene rings is 2. The van der Waals surface area contributed by atoms with Crippen molar-refractivity contribution in [2.24, 2.45) is 0 Å². The summed E-state index contributed by atoms with van der Waals surface area (Å²) in [7, 11) is 1.41. The van der Waals surface area contributed by atoms with Gasteiger partial charge >= 0.3 is 5.97 Å². The number of rotatable bonds is 3. The Morgan fingerprint density at radius 1 is 0.842 bits per heavy atom. The highest BCUT2D eigenvalue weighted by Gasteiger charge is 2.16. The lowest BCUT2D eigenvalue weighted by Crippen LogP contribution is -2.06. The van der Waals surface area contributed by atoms with Crippen LogP contribution in [0.1, 0.15) is 18.1 Å². The van der Waals surface area contributed by atoms with Gasteiger partial charge in [-0.3, -0.25) is 0 Å². The van der Waals surface area contributed by atoms with Gasteiger partial charge < -0.3 is 4.74 Å². The molecule has 2 nitrogen and oxygen atoms in total. The van der Waals surface area contributed by atoms with Crippen LogP contribution in [0.25, 0.3) is 11.1 Å². The summed E-state index contributed by atoms with van der Waals surface area (Å²) in [5.41, 5.74) is 3.41. The Bertz CT molecular complexity index is 583. The molecule has 2 heteroatoms. The van der Waals surface area contributed by atoms with Crippen molar-refractivity contribution >= 4 is 17.1 Å². The summed E-state index contributed by atoms with van der Waals surface area (Å²) in [6.07, 6.45) is 0. The summed E-state index contributed by atoms with van der Waals surface area (Å²) in [6.45, 7) is 1.94. The number of allylic oxidation sites excluding steroid dienone is 1. The molecule has 0 spiro atoms. The van der Waals surface area contributed by atoms with Crippen LogP contribution < -0.4 is 0 Å². The van der Waals surface area contributed by atoms with Crippen molar-refractivity contribution in [1.82, 2.24) is 0 Å². The van der Waals surface area contributed by atoms with E-state index in [2.05, 4.69) is 0 Å². The predicted molar refractivity (Wildman–Crippen MR) is 77.4 cm³/mol. The molecular formula is C17H16O2. The lowest BCUT2D eigenvalue weighted by molar-refractivity contribution is -0.133. The summed E-state index contributed by atoms with van der Waals surface area (Å²) in [5, 5.41) is 0. The monoisotopic (exact) mass is 252 g/mol. The molecule has 0 unspecified atom stereocenters. The van der Waals surface area contributed by atoms with Gasteiger partial charge in [-0.2, -0.15) is 0 Å². The van der Waals surface area contributed by atoms with Gasteiger partial charge in [0.1, 0.15) is 0 Å². The molecule has 0 radical (unpaired) electrons. The Morgan fingerprint density at radius 2 is 1.32 bits per heavy atom. The molecule has 2 aromatic rings. The molecule has 0 bridgehead atoms. The van der Waals surface area contributed by atoms with Crippen molar-refractivity contribution in [2.45, 2.75) is 6.92 Å². The van der Waals surface area contributed by atoms with Gasteiger partial charge in [-0.1, -0.05) is 60.7 Å². The molecule has 0 aliphatic carbocycles. The summed E-state index contributed by atoms with van der Waals surface area (Å²) >= 11 is 0. The highest BCUT2D eigenvalue weighted by Crippen LogP contribution is 2.26. The minimum Gasteiger partial charge on any atom is -0.465 e. The van der Waals surface area contributed by atoms with Crippen molar-refractivity contribution in [3.8, 4) is 0 Å². The highest BCUT2D eigenvalue weighted by atomic mass is 16.5. The van der Waals surface area contributed by atoms with Crippen LogP contribution in [0.2, 0.25) is 0 Å². The van der Waals surface area contributed by atoms with Crippen molar-refractivity contribution in [3.05, 3.63) is 71.8 Å². The molecule has 0 N–H and O–H groups in total. The third kappa shape index (κ3) is 2.91. The van der Waals surface area contributed by atoms with E-state index >= 15 is 0 Å². The topological polar surface area (TPSA) is 26.3 Å². The van der Waals surface area contributed by atoms with Crippen LogP contribution in [0.15, 0.2) is 60.7 Å². The van der Waals surface area contributed by atoms with E-state index in [1.54, 1.807) is 0 Å². The molecular weight excluding hydrogens is 236 g/mol. The summed E-state index contributed by atoms with van der Waals surface area (Å²) in [5.74, 6) is -0.312. The van der Waals surface area contributed by atoms with Crippen molar-refractivity contribution < 1.29 is 9.53 Å². The SMILES string of the molecule is COC(=O)/C(=C(/C)c1ccccc1)c1ccccc1. The van der Waals surface area contributed by atoms with Crippen molar-refractivity contribution in [1.29, 1.82) is 0 Å². The number of carbonyl (C=O) groups is 1. The number of esters is 1. The van der Waals surface area contributed by atoms with Gasteiger partial charge in [0.15, 0.2) is 0 Å². The molecule has 96 valence electrons. The smallest absolute Gasteiger partial charge is 0.338 e. The fourth-order valence-electron chi connectivity index (χ4n) is 2.03. The molecule has 0 fully saturated rings. The molecule has 2 rings (SSSR count). The van der Waals surface area contributed by atoms with E-state index in [9.17, 15) is 4.79 Å². The molecule has 0 aliphatic rings. The summed E-state index contributed by atoms with van der Waals surface area (Å²) in [4.78, 5) is 12.0. The van der Waals surface area contributed by atoms with E-state index < -0.39 is 0 Å². The predicted octanol–water partition coefficient (Wildman–Crippen LogP) is 3.79. The van der Waals surface area contributed by atoms with Gasteiger partial charge in [0, 0.05) is 0 Å². The maximum absolute atomic E-state index is 12.0. The quantitative estimate of drug-likeness (QED) is 0.472. The number of hydrogen-bond acceptors (Lipinski definition) is 2. The molecule has 0 atom stereocenters. The zero-order valence-corrected chi connectivity index (χ0v) is 11.1. The Morgan fingerprint density at radius 3 is 1.79 bits per heavy atom. The third-order valence-electron chi connectivity index (χ3n) is 3.03. The maximum Gasteiger partial charge on any atom is 0.338 e. The van der Waals surface area contributed by atoms with Crippen LogP contribution in [0.3, 0.4) is 0 Å². The van der Waals surface area contributed by atoms with E-state index in [-0.39, 0.29) is 5.97 Å². The second-order valence-electron chi connectivity index (χ2n) is 4.22. The highest BCUT2D eigenvalue weighted by molar-refractivity contribution is 6.24. The zero-order valence-electron chi connectivity index (χ0n) is 11.1. The van der Waals surface area contributed by atoms with Gasteiger partial charge in [-0.25, -0.2) is 4.79 Å². The molecule has 2 aromatic carbocycles. The van der Waals surface area contributed by atoms with Gasteiger partial charge in [0.2, 0.25) is 0 Å². The summed E-state index contributed by atoms with van der Waals surface area (Å²) in [6, 6.07) is 19.4. The summed E-state index contributed by atoms with van der Waals surface area (Å²) < 4.78 is 4.91. The van der Waals surface area contributed by atoms with Crippen LogP contribution >= 0.6 is 0 Å². The second kappa shape index (κ2) is 6.01. The second-order valence-corrected chi connectivity index (χ2v) is 4.22. The minimum atomic E-state index is -0.312. The van der Waals surface area contributed by atoms with Crippen LogP contribution in [-0.2, 0) is 9.53 Å². The fourth-order valence-corrected chi connectivity index (χ4v) is 2.03.